The molecule has 0 radical (unpaired) electrons. The lowest BCUT2D eigenvalue weighted by molar-refractivity contribution is -0.890. The Balaban J connectivity index is 1.35. The van der Waals surface area contributed by atoms with Crippen LogP contribution in [-0.4, -0.2) is 31.8 Å². The molecule has 0 amide bonds. The van der Waals surface area contributed by atoms with E-state index >= 15 is 9.13 Å². The molecule has 2 spiro atoms. The topological polar surface area (TPSA) is 97.3 Å². The summed E-state index contributed by atoms with van der Waals surface area (Å²) in [6, 6.07) is 20.4. The van der Waals surface area contributed by atoms with E-state index in [0.29, 0.717) is 0 Å². The third-order valence-electron chi connectivity index (χ3n) is 11.6. The van der Waals surface area contributed by atoms with Gasteiger partial charge in [-0.3, -0.25) is 0 Å². The lowest BCUT2D eigenvalue weighted by atomic mass is 9.73. The zero-order valence-corrected chi connectivity index (χ0v) is 26.1. The van der Waals surface area contributed by atoms with Crippen molar-refractivity contribution in [3.8, 4) is 22.6 Å². The van der Waals surface area contributed by atoms with Crippen molar-refractivity contribution in [1.82, 2.24) is 15.6 Å². The molecule has 12 rings (SSSR count). The smallest absolute Gasteiger partial charge is 0.360 e. The number of benzene rings is 4. The van der Waals surface area contributed by atoms with Crippen LogP contribution in [0.1, 0.15) is 45.1 Å². The number of hydrogen-bond donors (Lipinski definition) is 2. The number of fused-ring (bicyclic) bond motifs is 1. The molecule has 2 N–H and O–H groups in total. The fraction of sp³-hybridized carbons (Fsp3) is 0.206. The average Bonchev–Trinajstić information content (AvgIpc) is 3.40. The van der Waals surface area contributed by atoms with Crippen LogP contribution in [0.15, 0.2) is 73.3 Å². The van der Waals surface area contributed by atoms with E-state index in [1.807, 2.05) is 62.4 Å². The first-order chi connectivity index (χ1) is 21.8. The first-order valence-corrected chi connectivity index (χ1v) is 19.5. The number of hydrogen-bond acceptors (Lipinski definition) is 7. The maximum absolute atomic E-state index is 15.0. The van der Waals surface area contributed by atoms with Crippen LogP contribution in [0.5, 0.6) is 11.5 Å². The van der Waals surface area contributed by atoms with E-state index in [-0.39, 0.29) is 19.4 Å². The van der Waals surface area contributed by atoms with Crippen molar-refractivity contribution in [2.24, 2.45) is 0 Å². The van der Waals surface area contributed by atoms with Crippen LogP contribution >= 0.6 is 14.3 Å². The van der Waals surface area contributed by atoms with Gasteiger partial charge < -0.3 is 18.6 Å². The molecule has 5 aromatic rings. The summed E-state index contributed by atoms with van der Waals surface area (Å²) in [7, 11) is -6.03. The summed E-state index contributed by atoms with van der Waals surface area (Å²) < 4.78 is 47.0. The van der Waals surface area contributed by atoms with E-state index in [0.717, 1.165) is 71.9 Å². The molecule has 0 fully saturated rings. The second-order valence-corrected chi connectivity index (χ2v) is 18.9. The van der Waals surface area contributed by atoms with Crippen LogP contribution in [-0.2, 0) is 20.5 Å². The zero-order chi connectivity index (χ0) is 29.8. The molecule has 1 aromatic heterocycles. The van der Waals surface area contributed by atoms with Crippen LogP contribution in [0.3, 0.4) is 0 Å². The van der Waals surface area contributed by atoms with Gasteiger partial charge in [0.1, 0.15) is 45.2 Å². The van der Waals surface area contributed by atoms with Gasteiger partial charge >= 0.3 is 18.5 Å². The van der Waals surface area contributed by atoms with E-state index in [1.165, 1.54) is 11.1 Å². The molecule has 218 valence electrons. The lowest BCUT2D eigenvalue weighted by Crippen LogP contribution is -2.83. The van der Waals surface area contributed by atoms with Crippen LogP contribution in [0, 0.1) is 0 Å². The number of ether oxygens (including phenoxy) is 2. The van der Waals surface area contributed by atoms with E-state index < -0.39 is 25.6 Å². The molecule has 6 aliphatic heterocycles. The standard InChI is InChI=1S/C34H25N5O4P2/c1-44(40)21-7-3-5-19-28(21)33(36-15-42-19)30-23(44)11-9-17-18-10-12-24-31-26(18)27(25(17)30)32-38(33)13-35-14-39(32)34(31)29-20(43-16-37-34)6-4-8-22(29)45(24,2)41/h3-14,27,36-37H,15-16H2,1-2H3/q+2. The molecule has 7 heterocycles. The Bertz CT molecular complexity index is 2310. The second kappa shape index (κ2) is 6.98. The summed E-state index contributed by atoms with van der Waals surface area (Å²) in [5.41, 5.74) is 6.68. The number of rotatable bonds is 0. The highest BCUT2D eigenvalue weighted by Gasteiger charge is 2.70. The number of nitrogens with one attached hydrogen (secondary N) is 2. The first-order valence-electron chi connectivity index (χ1n) is 15.2. The van der Waals surface area contributed by atoms with Crippen LogP contribution in [0.2, 0.25) is 0 Å². The largest absolute Gasteiger partial charge is 0.478 e. The highest BCUT2D eigenvalue weighted by molar-refractivity contribution is 7.78. The number of nitrogens with zero attached hydrogens (tertiary/aromatic N) is 3. The van der Waals surface area contributed by atoms with E-state index in [9.17, 15) is 0 Å². The Morgan fingerprint density at radius 1 is 0.689 bits per heavy atom. The molecular formula is C34H25N5O4P2+2. The second-order valence-electron chi connectivity index (χ2n) is 13.3. The van der Waals surface area contributed by atoms with Crippen LogP contribution in [0.25, 0.3) is 11.1 Å². The summed E-state index contributed by atoms with van der Waals surface area (Å²) in [6.45, 7) is 4.34. The average molecular weight is 630 g/mol. The monoisotopic (exact) mass is 629 g/mol. The van der Waals surface area contributed by atoms with E-state index in [4.69, 9.17) is 14.5 Å². The summed E-state index contributed by atoms with van der Waals surface area (Å²) >= 11 is 0. The summed E-state index contributed by atoms with van der Waals surface area (Å²) in [4.78, 5) is 4.94. The van der Waals surface area contributed by atoms with E-state index in [1.54, 1.807) is 0 Å². The van der Waals surface area contributed by atoms with E-state index in [2.05, 4.69) is 44.0 Å². The van der Waals surface area contributed by atoms with Crippen molar-refractivity contribution < 1.29 is 27.7 Å². The predicted octanol–water partition coefficient (Wildman–Crippen LogP) is 1.34. The van der Waals surface area contributed by atoms with Crippen molar-refractivity contribution in [2.75, 3.05) is 26.8 Å². The minimum Gasteiger partial charge on any atom is -0.478 e. The maximum atomic E-state index is 15.0. The molecule has 45 heavy (non-hydrogen) atoms. The Hall–Kier alpha value is -4.13. The highest BCUT2D eigenvalue weighted by Crippen LogP contribution is 2.64. The minimum atomic E-state index is -3.01. The lowest BCUT2D eigenvalue weighted by Gasteiger charge is -2.50. The molecule has 1 aliphatic carbocycles. The quantitative estimate of drug-likeness (QED) is 0.194. The van der Waals surface area contributed by atoms with Crippen molar-refractivity contribution in [2.45, 2.75) is 17.2 Å². The SMILES string of the molecule is CP1(=O)c2cccc3c2C2(NCO3)c3c1ccc1c3C3c4c-1ccc1c4C4(NCOc5cccc(c54)P1(C)=O)[n+]1cnc[n+]2c13. The van der Waals surface area contributed by atoms with Crippen LogP contribution < -0.4 is 50.5 Å². The normalized spacial score (nSPS) is 31.6. The maximum Gasteiger partial charge on any atom is 0.360 e. The van der Waals surface area contributed by atoms with Crippen molar-refractivity contribution in [1.29, 1.82) is 0 Å². The van der Waals surface area contributed by atoms with Crippen LogP contribution in [0.4, 0.5) is 0 Å². The predicted molar refractivity (Wildman–Crippen MR) is 166 cm³/mol. The summed E-state index contributed by atoms with van der Waals surface area (Å²) in [5, 5.41) is 10.9. The fourth-order valence-electron chi connectivity index (χ4n) is 10.0. The highest BCUT2D eigenvalue weighted by atomic mass is 31.2. The fourth-order valence-corrected chi connectivity index (χ4v) is 14.8. The molecule has 0 bridgehead atoms. The van der Waals surface area contributed by atoms with Crippen molar-refractivity contribution in [3.63, 3.8) is 0 Å². The molecular weight excluding hydrogens is 604 g/mol. The third kappa shape index (κ3) is 2.18. The summed E-state index contributed by atoms with van der Waals surface area (Å²) in [5.74, 6) is 2.35. The van der Waals surface area contributed by atoms with Gasteiger partial charge in [0.2, 0.25) is 11.3 Å². The Morgan fingerprint density at radius 3 is 1.64 bits per heavy atom. The third-order valence-corrected chi connectivity index (χ3v) is 16.7. The van der Waals surface area contributed by atoms with Gasteiger partial charge in [-0.1, -0.05) is 36.4 Å². The van der Waals surface area contributed by atoms with Gasteiger partial charge in [0.15, 0.2) is 0 Å². The number of aromatic nitrogens is 3. The molecule has 7 aliphatic rings. The van der Waals surface area contributed by atoms with Gasteiger partial charge in [-0.2, -0.15) is 0 Å². The molecule has 4 unspecified atom stereocenters. The molecule has 11 heteroatoms. The Kier molecular flexibility index (Phi) is 3.75. The van der Waals surface area contributed by atoms with Gasteiger partial charge in [-0.05, 0) is 59.8 Å². The van der Waals surface area contributed by atoms with Gasteiger partial charge in [0.05, 0.1) is 16.1 Å². The molecule has 9 nitrogen and oxygen atoms in total. The Labute approximate surface area is 257 Å². The first kappa shape index (κ1) is 24.1. The Morgan fingerprint density at radius 2 is 1.16 bits per heavy atom. The minimum absolute atomic E-state index is 0.170. The van der Waals surface area contributed by atoms with Crippen molar-refractivity contribution >= 4 is 35.5 Å². The molecule has 4 atom stereocenters. The van der Waals surface area contributed by atoms with Gasteiger partial charge in [-0.15, -0.1) is 9.13 Å². The van der Waals surface area contributed by atoms with Gasteiger partial charge in [0, 0.05) is 32.3 Å². The van der Waals surface area contributed by atoms with Gasteiger partial charge in [-0.25, -0.2) is 10.6 Å². The molecule has 0 saturated carbocycles. The molecule has 4 aromatic carbocycles. The molecule has 0 saturated heterocycles. The zero-order valence-electron chi connectivity index (χ0n) is 24.3. The summed E-state index contributed by atoms with van der Waals surface area (Å²) in [6.07, 6.45) is 3.83. The van der Waals surface area contributed by atoms with Gasteiger partial charge in [0.25, 0.3) is 0 Å². The van der Waals surface area contributed by atoms with Crippen molar-refractivity contribution in [3.05, 3.63) is 113 Å².